The predicted octanol–water partition coefficient (Wildman–Crippen LogP) is 2.15. The number of carbonyl (C=O) groups is 1. The molecule has 0 saturated carbocycles. The van der Waals surface area contributed by atoms with Gasteiger partial charge in [-0.05, 0) is 26.3 Å². The Bertz CT molecular complexity index is 602. The molecule has 0 aliphatic rings. The fourth-order valence-electron chi connectivity index (χ4n) is 1.78. The van der Waals surface area contributed by atoms with Crippen LogP contribution in [-0.4, -0.2) is 22.6 Å². The van der Waals surface area contributed by atoms with E-state index in [9.17, 15) is 4.79 Å². The number of aromatic nitrogens is 2. The first-order valence-electron chi connectivity index (χ1n) is 5.76. The summed E-state index contributed by atoms with van der Waals surface area (Å²) in [4.78, 5) is 16.3. The molecule has 0 unspecified atom stereocenters. The molecule has 2 aromatic rings. The van der Waals surface area contributed by atoms with Gasteiger partial charge in [-0.2, -0.15) is 0 Å². The van der Waals surface area contributed by atoms with Gasteiger partial charge in [0.1, 0.15) is 0 Å². The number of carbonyl (C=O) groups excluding carboxylic acids is 1. The van der Waals surface area contributed by atoms with Crippen LogP contribution in [0.25, 0.3) is 11.1 Å². The molecule has 94 valence electrons. The van der Waals surface area contributed by atoms with E-state index in [-0.39, 0.29) is 5.91 Å². The van der Waals surface area contributed by atoms with Crippen LogP contribution in [0.1, 0.15) is 28.2 Å². The van der Waals surface area contributed by atoms with E-state index in [1.807, 2.05) is 6.92 Å². The predicted molar refractivity (Wildman–Crippen MR) is 68.4 cm³/mol. The number of nitrogens with one attached hydrogen (secondary N) is 1. The maximum absolute atomic E-state index is 12.1. The average molecular weight is 245 g/mol. The van der Waals surface area contributed by atoms with Gasteiger partial charge in [-0.3, -0.25) is 4.79 Å². The SMILES string of the molecule is C=CCCNC(=O)c1cc(C)nc2onc(C)c12. The fraction of sp³-hybridized carbons (Fsp3) is 0.308. The second-order valence-electron chi connectivity index (χ2n) is 4.09. The molecule has 0 aromatic carbocycles. The quantitative estimate of drug-likeness (QED) is 0.662. The number of aryl methyl sites for hydroxylation is 2. The van der Waals surface area contributed by atoms with E-state index in [4.69, 9.17) is 4.52 Å². The molecule has 1 amide bonds. The molecule has 0 aliphatic carbocycles. The highest BCUT2D eigenvalue weighted by atomic mass is 16.5. The number of fused-ring (bicyclic) bond motifs is 1. The normalized spacial score (nSPS) is 10.6. The number of amides is 1. The van der Waals surface area contributed by atoms with E-state index in [1.54, 1.807) is 19.1 Å². The zero-order valence-corrected chi connectivity index (χ0v) is 10.5. The highest BCUT2D eigenvalue weighted by molar-refractivity contribution is 6.05. The van der Waals surface area contributed by atoms with Crippen molar-refractivity contribution in [3.05, 3.63) is 35.7 Å². The summed E-state index contributed by atoms with van der Waals surface area (Å²) in [5.41, 5.74) is 2.36. The van der Waals surface area contributed by atoms with Gasteiger partial charge < -0.3 is 9.84 Å². The maximum Gasteiger partial charge on any atom is 0.258 e. The highest BCUT2D eigenvalue weighted by Crippen LogP contribution is 2.21. The Morgan fingerprint density at radius 3 is 3.06 bits per heavy atom. The van der Waals surface area contributed by atoms with Crippen LogP contribution in [-0.2, 0) is 0 Å². The number of hydrogen-bond donors (Lipinski definition) is 1. The van der Waals surface area contributed by atoms with Gasteiger partial charge in [0.15, 0.2) is 0 Å². The summed E-state index contributed by atoms with van der Waals surface area (Å²) in [7, 11) is 0. The lowest BCUT2D eigenvalue weighted by Crippen LogP contribution is -2.24. The van der Waals surface area contributed by atoms with Crippen molar-refractivity contribution in [2.24, 2.45) is 0 Å². The molecule has 0 radical (unpaired) electrons. The molecule has 5 nitrogen and oxygen atoms in total. The first-order valence-corrected chi connectivity index (χ1v) is 5.76. The minimum Gasteiger partial charge on any atom is -0.352 e. The molecule has 0 bridgehead atoms. The number of hydrogen-bond acceptors (Lipinski definition) is 4. The molecule has 2 aromatic heterocycles. The molecule has 18 heavy (non-hydrogen) atoms. The van der Waals surface area contributed by atoms with Crippen molar-refractivity contribution in [2.45, 2.75) is 20.3 Å². The summed E-state index contributed by atoms with van der Waals surface area (Å²) < 4.78 is 5.09. The summed E-state index contributed by atoms with van der Waals surface area (Å²) in [5, 5.41) is 7.35. The lowest BCUT2D eigenvalue weighted by molar-refractivity contribution is 0.0956. The largest absolute Gasteiger partial charge is 0.352 e. The monoisotopic (exact) mass is 245 g/mol. The Balaban J connectivity index is 2.39. The van der Waals surface area contributed by atoms with Gasteiger partial charge in [0.2, 0.25) is 0 Å². The minimum atomic E-state index is -0.140. The van der Waals surface area contributed by atoms with E-state index in [2.05, 4.69) is 22.0 Å². The molecule has 0 fully saturated rings. The first kappa shape index (κ1) is 12.3. The van der Waals surface area contributed by atoms with Crippen LogP contribution in [0.2, 0.25) is 0 Å². The van der Waals surface area contributed by atoms with Gasteiger partial charge in [0.05, 0.1) is 16.6 Å². The van der Waals surface area contributed by atoms with Crippen LogP contribution in [0.4, 0.5) is 0 Å². The van der Waals surface area contributed by atoms with Crippen LogP contribution in [0.15, 0.2) is 23.2 Å². The summed E-state index contributed by atoms with van der Waals surface area (Å²) in [6, 6.07) is 1.75. The molecule has 0 aliphatic heterocycles. The van der Waals surface area contributed by atoms with Crippen molar-refractivity contribution in [1.29, 1.82) is 0 Å². The van der Waals surface area contributed by atoms with Crippen molar-refractivity contribution in [2.75, 3.05) is 6.54 Å². The third kappa shape index (κ3) is 2.25. The molecule has 2 heterocycles. The summed E-state index contributed by atoms with van der Waals surface area (Å²) >= 11 is 0. The van der Waals surface area contributed by atoms with Gasteiger partial charge in [0.25, 0.3) is 11.6 Å². The second-order valence-corrected chi connectivity index (χ2v) is 4.09. The van der Waals surface area contributed by atoms with Crippen molar-refractivity contribution in [1.82, 2.24) is 15.5 Å². The Kier molecular flexibility index (Phi) is 3.41. The van der Waals surface area contributed by atoms with Crippen LogP contribution in [0.3, 0.4) is 0 Å². The van der Waals surface area contributed by atoms with Gasteiger partial charge >= 0.3 is 0 Å². The third-order valence-corrected chi connectivity index (χ3v) is 2.62. The van der Waals surface area contributed by atoms with Crippen molar-refractivity contribution in [3.63, 3.8) is 0 Å². The number of pyridine rings is 1. The van der Waals surface area contributed by atoms with E-state index >= 15 is 0 Å². The fourth-order valence-corrected chi connectivity index (χ4v) is 1.78. The Hall–Kier alpha value is -2.17. The van der Waals surface area contributed by atoms with E-state index in [1.165, 1.54) is 0 Å². The summed E-state index contributed by atoms with van der Waals surface area (Å²) in [6.07, 6.45) is 2.50. The molecular formula is C13H15N3O2. The van der Waals surface area contributed by atoms with E-state index in [0.717, 1.165) is 12.1 Å². The Morgan fingerprint density at radius 2 is 2.33 bits per heavy atom. The standard InChI is InChI=1S/C13H15N3O2/c1-4-5-6-14-12(17)10-7-8(2)15-13-11(10)9(3)16-18-13/h4,7H,1,5-6H2,2-3H3,(H,14,17). The topological polar surface area (TPSA) is 68.0 Å². The lowest BCUT2D eigenvalue weighted by atomic mass is 10.1. The van der Waals surface area contributed by atoms with Crippen LogP contribution >= 0.6 is 0 Å². The zero-order valence-electron chi connectivity index (χ0n) is 10.5. The molecule has 2 rings (SSSR count). The lowest BCUT2D eigenvalue weighted by Gasteiger charge is -2.05. The minimum absolute atomic E-state index is 0.140. The second kappa shape index (κ2) is 5.00. The first-order chi connectivity index (χ1) is 8.63. The van der Waals surface area contributed by atoms with Gasteiger partial charge in [-0.25, -0.2) is 4.98 Å². The van der Waals surface area contributed by atoms with Crippen LogP contribution < -0.4 is 5.32 Å². The van der Waals surface area contributed by atoms with Gasteiger partial charge in [0, 0.05) is 12.2 Å². The molecule has 1 N–H and O–H groups in total. The van der Waals surface area contributed by atoms with Crippen LogP contribution in [0.5, 0.6) is 0 Å². The molecule has 5 heteroatoms. The van der Waals surface area contributed by atoms with E-state index in [0.29, 0.717) is 28.9 Å². The van der Waals surface area contributed by atoms with Crippen molar-refractivity contribution in [3.8, 4) is 0 Å². The average Bonchev–Trinajstić information content (AvgIpc) is 2.70. The highest BCUT2D eigenvalue weighted by Gasteiger charge is 2.17. The maximum atomic E-state index is 12.1. The third-order valence-electron chi connectivity index (χ3n) is 2.62. The molecule has 0 atom stereocenters. The van der Waals surface area contributed by atoms with E-state index < -0.39 is 0 Å². The van der Waals surface area contributed by atoms with Gasteiger partial charge in [-0.1, -0.05) is 11.2 Å². The van der Waals surface area contributed by atoms with Gasteiger partial charge in [-0.15, -0.1) is 6.58 Å². The summed E-state index contributed by atoms with van der Waals surface area (Å²) in [5.74, 6) is -0.140. The molecule has 0 saturated heterocycles. The Labute approximate surface area is 105 Å². The van der Waals surface area contributed by atoms with Crippen molar-refractivity contribution < 1.29 is 9.32 Å². The zero-order chi connectivity index (χ0) is 13.1. The van der Waals surface area contributed by atoms with Crippen LogP contribution in [0, 0.1) is 13.8 Å². The summed E-state index contributed by atoms with van der Waals surface area (Å²) in [6.45, 7) is 7.79. The molecule has 0 spiro atoms. The smallest absolute Gasteiger partial charge is 0.258 e. The van der Waals surface area contributed by atoms with Crippen molar-refractivity contribution >= 4 is 17.0 Å². The number of nitrogens with zero attached hydrogens (tertiary/aromatic N) is 2. The Morgan fingerprint density at radius 1 is 1.56 bits per heavy atom. The number of rotatable bonds is 4. The molecular weight excluding hydrogens is 230 g/mol.